The van der Waals surface area contributed by atoms with E-state index in [9.17, 15) is 9.18 Å². The minimum atomic E-state index is -0.525. The van der Waals surface area contributed by atoms with E-state index in [4.69, 9.17) is 4.74 Å². The van der Waals surface area contributed by atoms with Crippen LogP contribution in [0.1, 0.15) is 40.0 Å². The topological polar surface area (TPSA) is 50.4 Å². The van der Waals surface area contributed by atoms with E-state index < -0.39 is 23.9 Å². The molecule has 0 spiro atoms. The van der Waals surface area contributed by atoms with Crippen molar-refractivity contribution < 1.29 is 13.9 Å². The van der Waals surface area contributed by atoms with Crippen molar-refractivity contribution in [3.8, 4) is 0 Å². The van der Waals surface area contributed by atoms with E-state index in [1.165, 1.54) is 0 Å². The van der Waals surface area contributed by atoms with Gasteiger partial charge in [-0.3, -0.25) is 4.39 Å². The lowest BCUT2D eigenvalue weighted by molar-refractivity contribution is 0.0422. The monoisotopic (exact) mass is 246 g/mol. The summed E-state index contributed by atoms with van der Waals surface area (Å²) < 4.78 is 17.8. The minimum Gasteiger partial charge on any atom is -0.444 e. The largest absolute Gasteiger partial charge is 0.444 e. The molecule has 1 aliphatic rings. The van der Waals surface area contributed by atoms with Gasteiger partial charge in [0.15, 0.2) is 0 Å². The van der Waals surface area contributed by atoms with Crippen LogP contribution in [-0.2, 0) is 4.74 Å². The first-order chi connectivity index (χ1) is 7.87. The highest BCUT2D eigenvalue weighted by Gasteiger charge is 2.34. The number of piperidine rings is 1. The number of nitrogens with one attached hydrogen (secondary N) is 2. The highest BCUT2D eigenvalue weighted by Crippen LogP contribution is 2.21. The number of hydrogen-bond acceptors (Lipinski definition) is 3. The molecule has 4 nitrogen and oxygen atoms in total. The molecule has 2 N–H and O–H groups in total. The second-order valence-electron chi connectivity index (χ2n) is 5.63. The molecule has 1 amide bonds. The lowest BCUT2D eigenvalue weighted by Crippen LogP contribution is -2.58. The van der Waals surface area contributed by atoms with Crippen LogP contribution < -0.4 is 10.6 Å². The SMILES string of the molecule is CC(C)(C)OC(=O)NC1(CCF)CCCNC1. The number of alkyl carbamates (subject to hydrolysis) is 1. The van der Waals surface area contributed by atoms with Crippen molar-refractivity contribution in [3.05, 3.63) is 0 Å². The Labute approximate surface area is 102 Å². The van der Waals surface area contributed by atoms with Crippen LogP contribution in [0, 0.1) is 0 Å². The zero-order valence-electron chi connectivity index (χ0n) is 10.9. The molecule has 17 heavy (non-hydrogen) atoms. The van der Waals surface area contributed by atoms with Gasteiger partial charge in [0.1, 0.15) is 5.60 Å². The summed E-state index contributed by atoms with van der Waals surface area (Å²) in [6.07, 6.45) is 1.60. The minimum absolute atomic E-state index is 0.333. The molecule has 1 heterocycles. The Morgan fingerprint density at radius 1 is 1.53 bits per heavy atom. The van der Waals surface area contributed by atoms with Gasteiger partial charge in [-0.2, -0.15) is 0 Å². The summed E-state index contributed by atoms with van der Waals surface area (Å²) in [5.74, 6) is 0. The molecule has 0 aliphatic carbocycles. The Hall–Kier alpha value is -0.840. The van der Waals surface area contributed by atoms with E-state index in [2.05, 4.69) is 10.6 Å². The highest BCUT2D eigenvalue weighted by molar-refractivity contribution is 5.68. The molecule has 1 fully saturated rings. The van der Waals surface area contributed by atoms with Gasteiger partial charge in [-0.1, -0.05) is 0 Å². The van der Waals surface area contributed by atoms with Gasteiger partial charge in [0.05, 0.1) is 12.2 Å². The number of halogens is 1. The zero-order valence-corrected chi connectivity index (χ0v) is 10.9. The summed E-state index contributed by atoms with van der Waals surface area (Å²) in [6, 6.07) is 0. The molecule has 1 aliphatic heterocycles. The standard InChI is InChI=1S/C12H23FN2O2/c1-11(2,3)17-10(16)15-12(6-7-13)5-4-8-14-9-12/h14H,4-9H2,1-3H3,(H,15,16). The number of carbonyl (C=O) groups excluding carboxylic acids is 1. The van der Waals surface area contributed by atoms with Gasteiger partial charge in [-0.05, 0) is 40.2 Å². The molecule has 1 unspecified atom stereocenters. The predicted molar refractivity (Wildman–Crippen MR) is 64.8 cm³/mol. The first-order valence-electron chi connectivity index (χ1n) is 6.15. The van der Waals surface area contributed by atoms with Crippen molar-refractivity contribution in [1.29, 1.82) is 0 Å². The van der Waals surface area contributed by atoms with Crippen molar-refractivity contribution in [2.45, 2.75) is 51.2 Å². The molecule has 0 aromatic rings. The van der Waals surface area contributed by atoms with E-state index in [0.29, 0.717) is 13.0 Å². The van der Waals surface area contributed by atoms with E-state index >= 15 is 0 Å². The van der Waals surface area contributed by atoms with Crippen LogP contribution in [0.15, 0.2) is 0 Å². The number of rotatable bonds is 3. The lowest BCUT2D eigenvalue weighted by Gasteiger charge is -2.38. The maximum atomic E-state index is 12.6. The third-order valence-corrected chi connectivity index (χ3v) is 2.81. The van der Waals surface area contributed by atoms with Gasteiger partial charge < -0.3 is 15.4 Å². The molecule has 0 aromatic carbocycles. The predicted octanol–water partition coefficient (Wildman–Crippen LogP) is 1.99. The van der Waals surface area contributed by atoms with E-state index in [1.54, 1.807) is 0 Å². The Morgan fingerprint density at radius 3 is 2.71 bits per heavy atom. The maximum absolute atomic E-state index is 12.6. The molecular weight excluding hydrogens is 223 g/mol. The number of carbonyl (C=O) groups is 1. The Kier molecular flexibility index (Phi) is 4.74. The lowest BCUT2D eigenvalue weighted by atomic mass is 9.87. The van der Waals surface area contributed by atoms with E-state index in [0.717, 1.165) is 19.4 Å². The van der Waals surface area contributed by atoms with Crippen molar-refractivity contribution >= 4 is 6.09 Å². The van der Waals surface area contributed by atoms with Crippen LogP contribution in [0.5, 0.6) is 0 Å². The van der Waals surface area contributed by atoms with Crippen molar-refractivity contribution in [1.82, 2.24) is 10.6 Å². The van der Waals surface area contributed by atoms with Crippen molar-refractivity contribution in [2.75, 3.05) is 19.8 Å². The second kappa shape index (κ2) is 5.67. The Balaban J connectivity index is 2.57. The normalized spacial score (nSPS) is 25.4. The van der Waals surface area contributed by atoms with Gasteiger partial charge in [0.2, 0.25) is 0 Å². The van der Waals surface area contributed by atoms with Gasteiger partial charge in [0, 0.05) is 13.0 Å². The molecule has 0 aromatic heterocycles. The Morgan fingerprint density at radius 2 is 2.24 bits per heavy atom. The fourth-order valence-electron chi connectivity index (χ4n) is 2.05. The van der Waals surface area contributed by atoms with Crippen LogP contribution >= 0.6 is 0 Å². The van der Waals surface area contributed by atoms with Crippen LogP contribution in [0.25, 0.3) is 0 Å². The van der Waals surface area contributed by atoms with E-state index in [1.807, 2.05) is 20.8 Å². The third-order valence-electron chi connectivity index (χ3n) is 2.81. The number of alkyl halides is 1. The maximum Gasteiger partial charge on any atom is 0.408 e. The molecule has 5 heteroatoms. The average molecular weight is 246 g/mol. The van der Waals surface area contributed by atoms with Gasteiger partial charge >= 0.3 is 6.09 Å². The molecule has 0 bridgehead atoms. The first-order valence-corrected chi connectivity index (χ1v) is 6.15. The third kappa shape index (κ3) is 4.89. The Bertz CT molecular complexity index is 252. The fraction of sp³-hybridized carbons (Fsp3) is 0.917. The summed E-state index contributed by atoms with van der Waals surface area (Å²) in [6.45, 7) is 6.53. The van der Waals surface area contributed by atoms with Crippen LogP contribution in [-0.4, -0.2) is 37.0 Å². The van der Waals surface area contributed by atoms with Crippen molar-refractivity contribution in [3.63, 3.8) is 0 Å². The molecule has 0 saturated carbocycles. The number of hydrogen-bond donors (Lipinski definition) is 2. The number of ether oxygens (including phenoxy) is 1. The van der Waals surface area contributed by atoms with Crippen LogP contribution in [0.3, 0.4) is 0 Å². The fourth-order valence-corrected chi connectivity index (χ4v) is 2.05. The van der Waals surface area contributed by atoms with E-state index in [-0.39, 0.29) is 0 Å². The quantitative estimate of drug-likeness (QED) is 0.800. The summed E-state index contributed by atoms with van der Waals surface area (Å²) in [7, 11) is 0. The molecule has 1 atom stereocenters. The molecule has 1 saturated heterocycles. The summed E-state index contributed by atoms with van der Waals surface area (Å²) in [4.78, 5) is 11.7. The van der Waals surface area contributed by atoms with Gasteiger partial charge in [-0.25, -0.2) is 4.79 Å². The molecule has 1 rings (SSSR count). The second-order valence-corrected chi connectivity index (χ2v) is 5.63. The molecular formula is C12H23FN2O2. The first kappa shape index (κ1) is 14.2. The van der Waals surface area contributed by atoms with Gasteiger partial charge in [0.25, 0.3) is 0 Å². The number of amides is 1. The molecule has 0 radical (unpaired) electrons. The summed E-state index contributed by atoms with van der Waals surface area (Å²) in [5.41, 5.74) is -1.02. The summed E-state index contributed by atoms with van der Waals surface area (Å²) in [5, 5.41) is 6.02. The van der Waals surface area contributed by atoms with Crippen LogP contribution in [0.4, 0.5) is 9.18 Å². The van der Waals surface area contributed by atoms with Crippen LogP contribution in [0.2, 0.25) is 0 Å². The van der Waals surface area contributed by atoms with Crippen molar-refractivity contribution in [2.24, 2.45) is 0 Å². The van der Waals surface area contributed by atoms with Gasteiger partial charge in [-0.15, -0.1) is 0 Å². The zero-order chi connectivity index (χ0) is 12.9. The summed E-state index contributed by atoms with van der Waals surface area (Å²) >= 11 is 0. The highest BCUT2D eigenvalue weighted by atomic mass is 19.1. The average Bonchev–Trinajstić information content (AvgIpc) is 2.15. The molecule has 100 valence electrons. The smallest absolute Gasteiger partial charge is 0.408 e.